The van der Waals surface area contributed by atoms with E-state index in [0.717, 1.165) is 24.1 Å². The third-order valence-electron chi connectivity index (χ3n) is 4.16. The molecule has 4 rings (SSSR count). The molecule has 20 heavy (non-hydrogen) atoms. The maximum Gasteiger partial charge on any atom is 0.163 e. The minimum atomic E-state index is 0.983. The van der Waals surface area contributed by atoms with Crippen molar-refractivity contribution in [3.8, 4) is 11.1 Å². The molecule has 0 bridgehead atoms. The minimum absolute atomic E-state index is 0.983. The summed E-state index contributed by atoms with van der Waals surface area (Å²) in [5.74, 6) is 0. The summed E-state index contributed by atoms with van der Waals surface area (Å²) in [6.07, 6.45) is 10.1. The van der Waals surface area contributed by atoms with Crippen molar-refractivity contribution < 1.29 is 0 Å². The third-order valence-corrected chi connectivity index (χ3v) is 4.16. The summed E-state index contributed by atoms with van der Waals surface area (Å²) in [6, 6.07) is 10.4. The van der Waals surface area contributed by atoms with Gasteiger partial charge >= 0.3 is 0 Å². The SMILES string of the molecule is c1ccc(-c2cnn3c4c(cnc23)CCCCC4)cc1. The molecule has 3 nitrogen and oxygen atoms in total. The van der Waals surface area contributed by atoms with E-state index in [9.17, 15) is 0 Å². The molecule has 2 aromatic heterocycles. The van der Waals surface area contributed by atoms with Crippen LogP contribution < -0.4 is 0 Å². The van der Waals surface area contributed by atoms with Gasteiger partial charge in [0.05, 0.1) is 6.20 Å². The molecule has 0 amide bonds. The van der Waals surface area contributed by atoms with E-state index in [2.05, 4.69) is 45.1 Å². The Morgan fingerprint density at radius 2 is 1.75 bits per heavy atom. The van der Waals surface area contributed by atoms with Gasteiger partial charge < -0.3 is 0 Å². The van der Waals surface area contributed by atoms with Crippen LogP contribution in [0.5, 0.6) is 0 Å². The molecule has 0 radical (unpaired) electrons. The van der Waals surface area contributed by atoms with Gasteiger partial charge in [0.2, 0.25) is 0 Å². The van der Waals surface area contributed by atoms with Crippen molar-refractivity contribution >= 4 is 5.65 Å². The molecule has 1 aliphatic rings. The van der Waals surface area contributed by atoms with Gasteiger partial charge in [-0.3, -0.25) is 0 Å². The van der Waals surface area contributed by atoms with Crippen molar-refractivity contribution in [3.05, 3.63) is 54.0 Å². The van der Waals surface area contributed by atoms with Crippen molar-refractivity contribution in [2.45, 2.75) is 32.1 Å². The quantitative estimate of drug-likeness (QED) is 0.627. The molecule has 0 spiro atoms. The fourth-order valence-electron chi connectivity index (χ4n) is 3.09. The average molecular weight is 263 g/mol. The second kappa shape index (κ2) is 4.75. The zero-order valence-corrected chi connectivity index (χ0v) is 11.4. The zero-order valence-electron chi connectivity index (χ0n) is 11.4. The molecule has 0 saturated heterocycles. The van der Waals surface area contributed by atoms with Crippen LogP contribution in [0.3, 0.4) is 0 Å². The molecule has 3 aromatic rings. The number of rotatable bonds is 1. The van der Waals surface area contributed by atoms with Crippen LogP contribution in [-0.2, 0) is 12.8 Å². The highest BCUT2D eigenvalue weighted by molar-refractivity contribution is 5.77. The van der Waals surface area contributed by atoms with E-state index in [1.54, 1.807) is 0 Å². The Morgan fingerprint density at radius 3 is 2.65 bits per heavy atom. The lowest BCUT2D eigenvalue weighted by Gasteiger charge is -2.07. The lowest BCUT2D eigenvalue weighted by molar-refractivity contribution is 0.702. The van der Waals surface area contributed by atoms with Crippen LogP contribution in [0.4, 0.5) is 0 Å². The first-order valence-corrected chi connectivity index (χ1v) is 7.33. The van der Waals surface area contributed by atoms with Gasteiger partial charge in [-0.05, 0) is 36.8 Å². The van der Waals surface area contributed by atoms with E-state index < -0.39 is 0 Å². The number of benzene rings is 1. The number of hydrogen-bond donors (Lipinski definition) is 0. The van der Waals surface area contributed by atoms with Gasteiger partial charge in [-0.1, -0.05) is 36.8 Å². The van der Waals surface area contributed by atoms with Gasteiger partial charge in [-0.15, -0.1) is 0 Å². The van der Waals surface area contributed by atoms with Gasteiger partial charge in [-0.25, -0.2) is 9.50 Å². The Balaban J connectivity index is 1.92. The predicted octanol–water partition coefficient (Wildman–Crippen LogP) is 3.67. The van der Waals surface area contributed by atoms with Crippen molar-refractivity contribution in [2.24, 2.45) is 0 Å². The topological polar surface area (TPSA) is 30.2 Å². The summed E-state index contributed by atoms with van der Waals surface area (Å²) in [6.45, 7) is 0. The lowest BCUT2D eigenvalue weighted by Crippen LogP contribution is -2.04. The molecule has 0 N–H and O–H groups in total. The van der Waals surface area contributed by atoms with Crippen molar-refractivity contribution in [3.63, 3.8) is 0 Å². The molecular weight excluding hydrogens is 246 g/mol. The molecule has 0 fully saturated rings. The fraction of sp³-hybridized carbons (Fsp3) is 0.294. The fourth-order valence-corrected chi connectivity index (χ4v) is 3.09. The standard InChI is InChI=1S/C17H17N3/c1-3-7-13(8-4-1)15-12-19-20-16-10-6-2-5-9-14(16)11-18-17(15)20/h1,3-4,7-8,11-12H,2,5-6,9-10H2. The molecule has 0 unspecified atom stereocenters. The summed E-state index contributed by atoms with van der Waals surface area (Å²) in [5.41, 5.74) is 6.02. The Kier molecular flexibility index (Phi) is 2.76. The molecule has 2 heterocycles. The Morgan fingerprint density at radius 1 is 0.900 bits per heavy atom. The highest BCUT2D eigenvalue weighted by Gasteiger charge is 2.15. The van der Waals surface area contributed by atoms with Crippen LogP contribution in [0.2, 0.25) is 0 Å². The molecule has 3 heteroatoms. The highest BCUT2D eigenvalue weighted by atomic mass is 15.3. The third kappa shape index (κ3) is 1.82. The van der Waals surface area contributed by atoms with Crippen LogP contribution in [0.1, 0.15) is 30.5 Å². The Labute approximate surface area is 118 Å². The van der Waals surface area contributed by atoms with Gasteiger partial charge in [-0.2, -0.15) is 5.10 Å². The van der Waals surface area contributed by atoms with Crippen LogP contribution in [-0.4, -0.2) is 14.6 Å². The van der Waals surface area contributed by atoms with E-state index in [0.29, 0.717) is 0 Å². The lowest BCUT2D eigenvalue weighted by atomic mass is 10.1. The summed E-state index contributed by atoms with van der Waals surface area (Å²) in [4.78, 5) is 4.67. The Bertz CT molecular complexity index is 744. The Hall–Kier alpha value is -2.16. The molecule has 100 valence electrons. The zero-order chi connectivity index (χ0) is 13.4. The summed E-state index contributed by atoms with van der Waals surface area (Å²) in [7, 11) is 0. The van der Waals surface area contributed by atoms with Gasteiger partial charge in [0.1, 0.15) is 0 Å². The molecule has 0 atom stereocenters. The largest absolute Gasteiger partial charge is 0.236 e. The predicted molar refractivity (Wildman–Crippen MR) is 79.7 cm³/mol. The second-order valence-electron chi connectivity index (χ2n) is 5.45. The van der Waals surface area contributed by atoms with E-state index in [4.69, 9.17) is 0 Å². The van der Waals surface area contributed by atoms with Crippen molar-refractivity contribution in [2.75, 3.05) is 0 Å². The number of aromatic nitrogens is 3. The average Bonchev–Trinajstić information content (AvgIpc) is 2.78. The maximum absolute atomic E-state index is 4.67. The van der Waals surface area contributed by atoms with Crippen LogP contribution in [0.25, 0.3) is 16.8 Å². The molecule has 1 aliphatic carbocycles. The number of aryl methyl sites for hydroxylation is 2. The number of hydrogen-bond acceptors (Lipinski definition) is 2. The molecular formula is C17H17N3. The van der Waals surface area contributed by atoms with E-state index in [-0.39, 0.29) is 0 Å². The first-order chi connectivity index (χ1) is 9.93. The summed E-state index contributed by atoms with van der Waals surface area (Å²) in [5, 5.41) is 4.60. The number of nitrogens with zero attached hydrogens (tertiary/aromatic N) is 3. The smallest absolute Gasteiger partial charge is 0.163 e. The molecule has 0 saturated carbocycles. The summed E-state index contributed by atoms with van der Waals surface area (Å²) < 4.78 is 2.06. The maximum atomic E-state index is 4.67. The number of fused-ring (bicyclic) bond motifs is 3. The summed E-state index contributed by atoms with van der Waals surface area (Å²) >= 11 is 0. The van der Waals surface area contributed by atoms with Gasteiger partial charge in [0.25, 0.3) is 0 Å². The highest BCUT2D eigenvalue weighted by Crippen LogP contribution is 2.26. The normalized spacial score (nSPS) is 15.0. The second-order valence-corrected chi connectivity index (χ2v) is 5.45. The first kappa shape index (κ1) is 11.6. The van der Waals surface area contributed by atoms with E-state index in [1.807, 2.05) is 12.3 Å². The first-order valence-electron chi connectivity index (χ1n) is 7.33. The van der Waals surface area contributed by atoms with Crippen molar-refractivity contribution in [1.29, 1.82) is 0 Å². The van der Waals surface area contributed by atoms with Crippen LogP contribution >= 0.6 is 0 Å². The van der Waals surface area contributed by atoms with E-state index in [1.165, 1.54) is 36.1 Å². The van der Waals surface area contributed by atoms with Crippen LogP contribution in [0.15, 0.2) is 42.7 Å². The van der Waals surface area contributed by atoms with E-state index >= 15 is 0 Å². The monoisotopic (exact) mass is 263 g/mol. The van der Waals surface area contributed by atoms with Crippen LogP contribution in [0, 0.1) is 0 Å². The van der Waals surface area contributed by atoms with Crippen molar-refractivity contribution in [1.82, 2.24) is 14.6 Å². The molecule has 1 aromatic carbocycles. The minimum Gasteiger partial charge on any atom is -0.236 e. The molecule has 0 aliphatic heterocycles. The van der Waals surface area contributed by atoms with Gasteiger partial charge in [0.15, 0.2) is 5.65 Å². The van der Waals surface area contributed by atoms with Gasteiger partial charge in [0, 0.05) is 17.5 Å².